The summed E-state index contributed by atoms with van der Waals surface area (Å²) in [6, 6.07) is 6.18. The van der Waals surface area contributed by atoms with Crippen molar-refractivity contribution in [2.24, 2.45) is 7.05 Å². The number of hydrogen-bond acceptors (Lipinski definition) is 6. The molecular formula is C30H34ClF4N6O5+. The maximum Gasteiger partial charge on any atom is 0.387 e. The minimum absolute atomic E-state index is 0.00580. The molecule has 1 saturated heterocycles. The second-order valence-corrected chi connectivity index (χ2v) is 11.5. The molecular weight excluding hydrogens is 636 g/mol. The Morgan fingerprint density at radius 2 is 1.74 bits per heavy atom. The Morgan fingerprint density at radius 3 is 2.37 bits per heavy atom. The van der Waals surface area contributed by atoms with Crippen LogP contribution in [-0.4, -0.2) is 102 Å². The van der Waals surface area contributed by atoms with E-state index in [0.29, 0.717) is 39.1 Å². The minimum atomic E-state index is -3.34. The van der Waals surface area contributed by atoms with Crippen LogP contribution in [-0.2, 0) is 11.8 Å². The molecule has 3 aromatic rings. The highest BCUT2D eigenvalue weighted by Gasteiger charge is 2.27. The van der Waals surface area contributed by atoms with Gasteiger partial charge in [0.25, 0.3) is 11.8 Å². The summed E-state index contributed by atoms with van der Waals surface area (Å²) in [5.74, 6) is -5.35. The number of aliphatic hydroxyl groups excluding tert-OH is 1. The number of hydrogen-bond donors (Lipinski definition) is 3. The minimum Gasteiger partial charge on any atom is -0.432 e. The van der Waals surface area contributed by atoms with E-state index in [2.05, 4.69) is 15.0 Å². The van der Waals surface area contributed by atoms with E-state index in [1.807, 2.05) is 14.1 Å². The smallest absolute Gasteiger partial charge is 0.387 e. The molecule has 0 spiro atoms. The Labute approximate surface area is 267 Å². The fourth-order valence-electron chi connectivity index (χ4n) is 5.09. The van der Waals surface area contributed by atoms with E-state index in [1.54, 1.807) is 9.80 Å². The molecule has 4 rings (SSSR count). The number of carbonyl (C=O) groups excluding carboxylic acids is 3. The van der Waals surface area contributed by atoms with Gasteiger partial charge in [-0.15, -0.1) is 0 Å². The number of quaternary nitrogens is 1. The molecule has 0 aliphatic carbocycles. The molecule has 2 heterocycles. The Morgan fingerprint density at radius 1 is 1.07 bits per heavy atom. The predicted molar refractivity (Wildman–Crippen MR) is 160 cm³/mol. The van der Waals surface area contributed by atoms with E-state index in [1.165, 1.54) is 29.8 Å². The Hall–Kier alpha value is -4.21. The number of nitrogens with zero attached hydrogens (tertiary/aromatic N) is 4. The SMILES string of the molecule is Cn1c(-c2ccc(OC(F)F)c(F)c2F)cnc1C(=O)Nc1ccc(C(=O)N2CCN(C(=O)CC[C@@H](O)C[NH+](C)C)CC2)c(Cl)c1. The number of piperazine rings is 1. The van der Waals surface area contributed by atoms with Crippen molar-refractivity contribution in [1.29, 1.82) is 0 Å². The third kappa shape index (κ3) is 8.13. The predicted octanol–water partition coefficient (Wildman–Crippen LogP) is 2.44. The molecule has 11 nitrogen and oxygen atoms in total. The molecule has 3 N–H and O–H groups in total. The maximum atomic E-state index is 14.7. The first-order valence-corrected chi connectivity index (χ1v) is 14.7. The van der Waals surface area contributed by atoms with Crippen LogP contribution in [0.1, 0.15) is 33.8 Å². The molecule has 3 amide bonds. The maximum absolute atomic E-state index is 14.7. The first kappa shape index (κ1) is 34.7. The Bertz CT molecular complexity index is 1600. The molecule has 1 fully saturated rings. The van der Waals surface area contributed by atoms with Crippen molar-refractivity contribution >= 4 is 35.0 Å². The fraction of sp³-hybridized carbons (Fsp3) is 0.400. The van der Waals surface area contributed by atoms with Crippen LogP contribution >= 0.6 is 11.6 Å². The van der Waals surface area contributed by atoms with Gasteiger partial charge in [-0.2, -0.15) is 13.2 Å². The van der Waals surface area contributed by atoms with Crippen molar-refractivity contribution in [3.05, 3.63) is 64.6 Å². The van der Waals surface area contributed by atoms with Gasteiger partial charge in [0, 0.05) is 50.9 Å². The number of nitrogens with one attached hydrogen (secondary N) is 2. The third-order valence-electron chi connectivity index (χ3n) is 7.44. The van der Waals surface area contributed by atoms with Crippen LogP contribution in [0, 0.1) is 11.6 Å². The standard InChI is InChI=1S/C30H33ClF4N6O5/c1-38(2)16-18(42)5-9-24(43)40-10-12-41(13-11-40)29(45)19-6-4-17(14-21(19)31)37-28(44)27-36-15-22(39(27)3)20-7-8-23(46-30(34)35)26(33)25(20)32/h4,6-8,14-15,18,30,42H,5,9-13,16H2,1-3H3,(H,37,44)/p+1/t18-/m1/s1. The highest BCUT2D eigenvalue weighted by Crippen LogP contribution is 2.31. The summed E-state index contributed by atoms with van der Waals surface area (Å²) >= 11 is 6.41. The molecule has 1 aromatic heterocycles. The number of rotatable bonds is 11. The molecule has 0 radical (unpaired) electrons. The van der Waals surface area contributed by atoms with Gasteiger partial charge in [0.1, 0.15) is 12.6 Å². The van der Waals surface area contributed by atoms with Gasteiger partial charge in [-0.1, -0.05) is 11.6 Å². The van der Waals surface area contributed by atoms with Crippen LogP contribution in [0.4, 0.5) is 23.2 Å². The van der Waals surface area contributed by atoms with E-state index in [0.717, 1.165) is 23.2 Å². The number of halogens is 5. The van der Waals surface area contributed by atoms with Crippen LogP contribution in [0.3, 0.4) is 0 Å². The monoisotopic (exact) mass is 669 g/mol. The molecule has 46 heavy (non-hydrogen) atoms. The summed E-state index contributed by atoms with van der Waals surface area (Å²) in [6.45, 7) is -1.49. The third-order valence-corrected chi connectivity index (χ3v) is 7.76. The van der Waals surface area contributed by atoms with Crippen molar-refractivity contribution in [2.45, 2.75) is 25.6 Å². The highest BCUT2D eigenvalue weighted by molar-refractivity contribution is 6.34. The lowest BCUT2D eigenvalue weighted by molar-refractivity contribution is -0.861. The lowest BCUT2D eigenvalue weighted by Crippen LogP contribution is -3.07. The summed E-state index contributed by atoms with van der Waals surface area (Å²) in [7, 11) is 5.23. The summed E-state index contributed by atoms with van der Waals surface area (Å²) in [4.78, 5) is 47.0. The van der Waals surface area contributed by atoms with E-state index < -0.39 is 36.0 Å². The number of likely N-dealkylation sites (N-methyl/N-ethyl adjacent to an activating group) is 1. The first-order valence-electron chi connectivity index (χ1n) is 14.4. The van der Waals surface area contributed by atoms with Crippen LogP contribution in [0.5, 0.6) is 5.75 Å². The normalized spacial score (nSPS) is 14.2. The van der Waals surface area contributed by atoms with Crippen molar-refractivity contribution in [2.75, 3.05) is 52.1 Å². The Balaban J connectivity index is 1.36. The lowest BCUT2D eigenvalue weighted by Gasteiger charge is -2.35. The number of ether oxygens (including phenoxy) is 1. The van der Waals surface area contributed by atoms with Gasteiger partial charge in [-0.25, -0.2) is 9.37 Å². The lowest BCUT2D eigenvalue weighted by atomic mass is 10.1. The van der Waals surface area contributed by atoms with Crippen LogP contribution in [0.2, 0.25) is 5.02 Å². The van der Waals surface area contributed by atoms with E-state index in [9.17, 15) is 37.1 Å². The highest BCUT2D eigenvalue weighted by atomic mass is 35.5. The van der Waals surface area contributed by atoms with E-state index in [4.69, 9.17) is 11.6 Å². The number of benzene rings is 2. The van der Waals surface area contributed by atoms with E-state index >= 15 is 0 Å². The topological polar surface area (TPSA) is 121 Å². The van der Waals surface area contributed by atoms with Gasteiger partial charge < -0.3 is 34.4 Å². The summed E-state index contributed by atoms with van der Waals surface area (Å²) in [6.07, 6.45) is 1.16. The van der Waals surface area contributed by atoms with Crippen molar-refractivity contribution in [3.8, 4) is 17.0 Å². The molecule has 1 aliphatic heterocycles. The summed E-state index contributed by atoms with van der Waals surface area (Å²) in [5.41, 5.74) is 0.0951. The zero-order chi connectivity index (χ0) is 33.7. The van der Waals surface area contributed by atoms with Crippen LogP contribution < -0.4 is 15.0 Å². The van der Waals surface area contributed by atoms with Gasteiger partial charge in [-0.3, -0.25) is 14.4 Å². The molecule has 1 atom stereocenters. The summed E-state index contributed by atoms with van der Waals surface area (Å²) < 4.78 is 59.0. The molecule has 2 aromatic carbocycles. The van der Waals surface area contributed by atoms with Gasteiger partial charge >= 0.3 is 6.61 Å². The van der Waals surface area contributed by atoms with E-state index in [-0.39, 0.29) is 51.6 Å². The summed E-state index contributed by atoms with van der Waals surface area (Å²) in [5, 5.41) is 12.7. The van der Waals surface area contributed by atoms with Gasteiger partial charge in [0.05, 0.1) is 36.6 Å². The second kappa shape index (κ2) is 14.9. The molecule has 16 heteroatoms. The zero-order valence-electron chi connectivity index (χ0n) is 25.3. The average Bonchev–Trinajstić information content (AvgIpc) is 3.38. The molecule has 0 bridgehead atoms. The fourth-order valence-corrected chi connectivity index (χ4v) is 5.35. The number of aromatic nitrogens is 2. The molecule has 0 unspecified atom stereocenters. The molecule has 1 aliphatic rings. The van der Waals surface area contributed by atoms with Crippen molar-refractivity contribution < 1.29 is 46.7 Å². The van der Waals surface area contributed by atoms with Gasteiger partial charge in [0.15, 0.2) is 17.4 Å². The zero-order valence-corrected chi connectivity index (χ0v) is 26.1. The first-order chi connectivity index (χ1) is 21.8. The number of aliphatic hydroxyl groups is 1. The number of anilines is 1. The number of alkyl halides is 2. The average molecular weight is 670 g/mol. The quantitative estimate of drug-likeness (QED) is 0.270. The molecule has 0 saturated carbocycles. The number of imidazole rings is 1. The van der Waals surface area contributed by atoms with Crippen LogP contribution in [0.15, 0.2) is 36.5 Å². The molecule has 248 valence electrons. The van der Waals surface area contributed by atoms with Gasteiger partial charge in [0.2, 0.25) is 11.7 Å². The van der Waals surface area contributed by atoms with Crippen LogP contribution in [0.25, 0.3) is 11.3 Å². The van der Waals surface area contributed by atoms with Crippen molar-refractivity contribution in [1.82, 2.24) is 19.4 Å². The Kier molecular flexibility index (Phi) is 11.2. The number of amides is 3. The van der Waals surface area contributed by atoms with Crippen molar-refractivity contribution in [3.63, 3.8) is 0 Å². The number of carbonyl (C=O) groups is 3. The second-order valence-electron chi connectivity index (χ2n) is 11.1. The van der Waals surface area contributed by atoms with Gasteiger partial charge in [-0.05, 0) is 36.8 Å². The largest absolute Gasteiger partial charge is 0.432 e.